The fourth-order valence-corrected chi connectivity index (χ4v) is 13.5. The Balaban J connectivity index is 0.972. The summed E-state index contributed by atoms with van der Waals surface area (Å²) in [5, 5.41) is 42.2. The highest BCUT2D eigenvalue weighted by atomic mass is 16.6. The van der Waals surface area contributed by atoms with Crippen molar-refractivity contribution in [3.63, 3.8) is 0 Å². The minimum atomic E-state index is -2.56. The topological polar surface area (TPSA) is 325 Å². The maximum Gasteiger partial charge on any atom is 0.410 e. The Kier molecular flexibility index (Phi) is 19.3. The molecule has 3 N–H and O–H groups in total. The summed E-state index contributed by atoms with van der Waals surface area (Å²) < 4.78 is 49.1. The highest BCUT2D eigenvalue weighted by Gasteiger charge is 2.78. The third kappa shape index (κ3) is 13.1. The fraction of sp³-hybridized carbons (Fsp3) is 0.386. The summed E-state index contributed by atoms with van der Waals surface area (Å²) in [6, 6.07) is 34.7. The number of hydrogen-bond donors (Lipinski definition) is 3. The number of benzene rings is 5. The van der Waals surface area contributed by atoms with Crippen molar-refractivity contribution in [3.8, 4) is 11.5 Å². The number of nitrogens with zero attached hydrogens (tertiary/aromatic N) is 4. The van der Waals surface area contributed by atoms with Gasteiger partial charge in [0.05, 0.1) is 40.0 Å². The second-order valence-corrected chi connectivity index (χ2v) is 25.0. The van der Waals surface area contributed by atoms with Crippen molar-refractivity contribution < 1.29 is 91.4 Å². The van der Waals surface area contributed by atoms with Crippen molar-refractivity contribution in [1.82, 2.24) is 20.1 Å². The average molecular weight is 1300 g/mol. The van der Waals surface area contributed by atoms with Gasteiger partial charge in [-0.2, -0.15) is 0 Å². The number of pyridine rings is 1. The van der Waals surface area contributed by atoms with E-state index >= 15 is 9.59 Å². The zero-order chi connectivity index (χ0) is 68.5. The Morgan fingerprint density at radius 2 is 1.41 bits per heavy atom. The van der Waals surface area contributed by atoms with Crippen LogP contribution in [-0.4, -0.2) is 159 Å². The van der Waals surface area contributed by atoms with Gasteiger partial charge in [-0.3, -0.25) is 34.3 Å². The number of carbonyl (C=O) groups is 8. The number of aliphatic hydroxyl groups is 2. The Labute approximate surface area is 546 Å². The number of nitro groups is 1. The molecule has 5 aromatic carbocycles. The maximum atomic E-state index is 16.0. The number of esters is 4. The summed E-state index contributed by atoms with van der Waals surface area (Å²) in [5.74, 6) is -7.28. The summed E-state index contributed by atoms with van der Waals surface area (Å²) in [5.41, 5.74) is -7.38. The lowest BCUT2D eigenvalue weighted by atomic mass is 9.44. The molecule has 6 aromatic rings. The van der Waals surface area contributed by atoms with Crippen LogP contribution in [0.2, 0.25) is 0 Å². The number of aromatic nitrogens is 1. The molecular weight excluding hydrogens is 1230 g/mol. The van der Waals surface area contributed by atoms with Crippen LogP contribution in [0.3, 0.4) is 0 Å². The lowest BCUT2D eigenvalue weighted by Gasteiger charge is -2.67. The summed E-state index contributed by atoms with van der Waals surface area (Å²) in [4.78, 5) is 134. The molecule has 3 aliphatic carbocycles. The number of Topliss-reactive ketones (excluding diaryl/α,β-unsaturated/α-hetero) is 1. The number of rotatable bonds is 19. The van der Waals surface area contributed by atoms with E-state index in [-0.39, 0.29) is 58.8 Å². The lowest BCUT2D eigenvalue weighted by Crippen LogP contribution is -2.82. The van der Waals surface area contributed by atoms with E-state index in [1.807, 2.05) is 6.07 Å². The van der Waals surface area contributed by atoms with Gasteiger partial charge in [0, 0.05) is 82.5 Å². The molecule has 12 atom stereocenters. The molecule has 25 nitrogen and oxygen atoms in total. The molecule has 4 aliphatic rings. The van der Waals surface area contributed by atoms with Gasteiger partial charge in [-0.25, -0.2) is 19.2 Å². The summed E-state index contributed by atoms with van der Waals surface area (Å²) in [6.07, 6.45) is -12.8. The Morgan fingerprint density at radius 3 is 2.02 bits per heavy atom. The molecular formula is C70H73N5O20. The second kappa shape index (κ2) is 27.1. The van der Waals surface area contributed by atoms with Gasteiger partial charge in [0.2, 0.25) is 11.9 Å². The van der Waals surface area contributed by atoms with Gasteiger partial charge in [-0.15, -0.1) is 0 Å². The van der Waals surface area contributed by atoms with Gasteiger partial charge >= 0.3 is 41.8 Å². The first-order valence-corrected chi connectivity index (χ1v) is 30.8. The van der Waals surface area contributed by atoms with Crippen LogP contribution < -0.4 is 10.1 Å². The first-order chi connectivity index (χ1) is 45.1. The number of carbonyl (C=O) groups excluding carboxylic acids is 8. The quantitative estimate of drug-likeness (QED) is 0.0224. The Bertz CT molecular complexity index is 4000. The predicted molar refractivity (Wildman–Crippen MR) is 337 cm³/mol. The van der Waals surface area contributed by atoms with Crippen LogP contribution in [0.15, 0.2) is 157 Å². The molecule has 0 radical (unpaired) electrons. The first kappa shape index (κ1) is 67.8. The average Bonchev–Trinajstić information content (AvgIpc) is 0.670. The number of amides is 3. The summed E-state index contributed by atoms with van der Waals surface area (Å²) in [6.45, 7) is 8.75. The zero-order valence-corrected chi connectivity index (χ0v) is 53.6. The predicted octanol–water partition coefficient (Wildman–Crippen LogP) is 8.89. The van der Waals surface area contributed by atoms with Crippen molar-refractivity contribution >= 4 is 64.3 Å². The van der Waals surface area contributed by atoms with Crippen LogP contribution in [0.25, 0.3) is 10.9 Å². The van der Waals surface area contributed by atoms with E-state index in [4.69, 9.17) is 37.9 Å². The van der Waals surface area contributed by atoms with E-state index in [1.165, 1.54) is 84.3 Å². The molecule has 25 heteroatoms. The second-order valence-electron chi connectivity index (χ2n) is 25.0. The van der Waals surface area contributed by atoms with Gasteiger partial charge in [-0.05, 0) is 104 Å². The van der Waals surface area contributed by atoms with Gasteiger partial charge in [0.25, 0.3) is 5.91 Å². The van der Waals surface area contributed by atoms with E-state index in [0.29, 0.717) is 16.8 Å². The van der Waals surface area contributed by atoms with Crippen molar-refractivity contribution in [3.05, 3.63) is 189 Å². The van der Waals surface area contributed by atoms with Crippen molar-refractivity contribution in [1.29, 1.82) is 0 Å². The lowest BCUT2D eigenvalue weighted by molar-refractivity contribution is -0.385. The van der Waals surface area contributed by atoms with E-state index in [0.717, 1.165) is 29.0 Å². The van der Waals surface area contributed by atoms with Crippen LogP contribution in [0.4, 0.5) is 15.3 Å². The summed E-state index contributed by atoms with van der Waals surface area (Å²) >= 11 is 0. The molecule has 2 saturated carbocycles. The normalized spacial score (nSPS) is 24.9. The van der Waals surface area contributed by atoms with Crippen molar-refractivity contribution in [2.75, 3.05) is 33.8 Å². The minimum absolute atomic E-state index is 0.00362. The van der Waals surface area contributed by atoms with Gasteiger partial charge in [0.1, 0.15) is 41.8 Å². The maximum absolute atomic E-state index is 16.0. The minimum Gasteiger partial charge on any atom is -0.455 e. The third-order valence-corrected chi connectivity index (χ3v) is 18.8. The molecule has 1 unspecified atom stereocenters. The van der Waals surface area contributed by atoms with Gasteiger partial charge in [0.15, 0.2) is 17.5 Å². The number of ether oxygens (including phenoxy) is 8. The highest BCUT2D eigenvalue weighted by molar-refractivity contribution is 5.96. The van der Waals surface area contributed by atoms with Gasteiger partial charge < -0.3 is 63.2 Å². The highest BCUT2D eigenvalue weighted by Crippen LogP contribution is 2.64. The molecule has 1 saturated heterocycles. The number of aliphatic hydroxyl groups excluding tert-OH is 1. The largest absolute Gasteiger partial charge is 0.455 e. The number of nitrogens with one attached hydrogen (secondary N) is 1. The van der Waals surface area contributed by atoms with Crippen molar-refractivity contribution in [2.24, 2.45) is 16.7 Å². The SMILES string of the molecule is CC(=O)O[C@H]1C(=O)[C@@]2(C)[C@H]([C@H](OC(=O)c3ccccc3)[C@]3(O)C[C@H](OC(=O)[C@H](OC(=O)N(C)CCN(C)C(=O)OC(C)c4ccc([N+](=O)[O-])c(Oc5ccc6ncccc6c5)c4)[C@@H](NC(=O)c4ccccc4)c4ccccc4)C(C)=C1C3(C)C)[C@]1(OC(C)=O)CO[C@@H]1C[C@@H]2O. The molecule has 1 aromatic heterocycles. The van der Waals surface area contributed by atoms with E-state index in [9.17, 15) is 49.1 Å². The van der Waals surface area contributed by atoms with Crippen LogP contribution in [-0.2, 0) is 52.3 Å². The zero-order valence-electron chi connectivity index (χ0n) is 53.6. The molecule has 498 valence electrons. The molecule has 10 rings (SSSR count). The number of nitro benzene ring substituents is 1. The molecule has 3 fully saturated rings. The Hall–Kier alpha value is -10.1. The van der Waals surface area contributed by atoms with Gasteiger partial charge in [-0.1, -0.05) is 86.6 Å². The molecule has 0 spiro atoms. The smallest absolute Gasteiger partial charge is 0.410 e. The summed E-state index contributed by atoms with van der Waals surface area (Å²) in [7, 11) is 2.71. The molecule has 3 amide bonds. The monoisotopic (exact) mass is 1300 g/mol. The van der Waals surface area contributed by atoms with Crippen molar-refractivity contribution in [2.45, 2.75) is 121 Å². The number of ketones is 1. The standard InChI is InChI=1S/C70H73N5O20/c1-39-52(37-70(85)61(94-63(81)45-24-17-12-18-25-45)59-68(7,53(78)36-54-69(59,38-88-54)95-42(4)77)60(79)57(90-41(3)76)55(39)67(70,5)6)92-64(82)58(56(43-20-13-10-14-21-43)72-62(80)44-22-15-11-16-23-44)93-66(84)74(9)33-32-73(8)65(83)89-40(2)46-27-30-50(75(86)87)51(35-46)91-48-28-29-49-47(34-48)26-19-31-71-49/h10-31,34-35,40,52-54,56-59,61,78,85H,32-33,36-38H2,1-9H3,(H,72,80)/t40?,52-,53-,54+,56-,57+,58+,59-,61-,68+,69-,70+/m0/s1. The molecule has 95 heavy (non-hydrogen) atoms. The molecule has 1 aliphatic heterocycles. The van der Waals surface area contributed by atoms with Crippen LogP contribution in [0, 0.1) is 26.9 Å². The number of likely N-dealkylation sites (N-methyl/N-ethyl adjacent to an activating group) is 2. The van der Waals surface area contributed by atoms with Crippen LogP contribution in [0.5, 0.6) is 11.5 Å². The first-order valence-electron chi connectivity index (χ1n) is 30.8. The van der Waals surface area contributed by atoms with Crippen LogP contribution in [0.1, 0.15) is 105 Å². The van der Waals surface area contributed by atoms with E-state index in [1.54, 1.807) is 104 Å². The molecule has 2 heterocycles. The fourth-order valence-electron chi connectivity index (χ4n) is 13.5. The number of fused-ring (bicyclic) bond motifs is 6. The third-order valence-electron chi connectivity index (χ3n) is 18.8. The Morgan fingerprint density at radius 1 is 0.779 bits per heavy atom. The van der Waals surface area contributed by atoms with E-state index < -0.39 is 142 Å². The number of hydrogen-bond acceptors (Lipinski definition) is 21. The van der Waals surface area contributed by atoms with Crippen LogP contribution >= 0.6 is 0 Å². The molecule has 2 bridgehead atoms. The van der Waals surface area contributed by atoms with E-state index in [2.05, 4.69) is 10.3 Å².